The van der Waals surface area contributed by atoms with Gasteiger partial charge in [0.1, 0.15) is 0 Å². The van der Waals surface area contributed by atoms with Crippen LogP contribution in [0, 0.1) is 0 Å². The summed E-state index contributed by atoms with van der Waals surface area (Å²) in [6.45, 7) is 2.42. The summed E-state index contributed by atoms with van der Waals surface area (Å²) in [6.07, 6.45) is -4.48. The van der Waals surface area contributed by atoms with Crippen LogP contribution in [0.4, 0.5) is 18.9 Å². The highest BCUT2D eigenvalue weighted by atomic mass is 35.5. The van der Waals surface area contributed by atoms with E-state index in [-0.39, 0.29) is 11.4 Å². The molecule has 11 heteroatoms. The Morgan fingerprint density at radius 3 is 2.60 bits per heavy atom. The average Bonchev–Trinajstić information content (AvgIpc) is 3.08. The largest absolute Gasteiger partial charge is 0.416 e. The van der Waals surface area contributed by atoms with Crippen LogP contribution in [0.2, 0.25) is 10.0 Å². The molecular formula is C19H15Cl2F3N4OS. The van der Waals surface area contributed by atoms with Crippen LogP contribution in [-0.4, -0.2) is 26.4 Å². The number of alkyl halides is 3. The monoisotopic (exact) mass is 474 g/mol. The minimum absolute atomic E-state index is 0.0528. The molecule has 0 aliphatic rings. The van der Waals surface area contributed by atoms with Gasteiger partial charge < -0.3 is 9.88 Å². The van der Waals surface area contributed by atoms with Crippen LogP contribution in [0.3, 0.4) is 0 Å². The SMILES string of the molecule is CCn1c(SCC(=O)Nc2cccc(C(F)(F)F)c2)nnc1-c1ccc(Cl)cc1Cl. The van der Waals surface area contributed by atoms with Crippen molar-refractivity contribution in [1.29, 1.82) is 0 Å². The Kier molecular flexibility index (Phi) is 6.95. The minimum atomic E-state index is -4.48. The summed E-state index contributed by atoms with van der Waals surface area (Å²) in [4.78, 5) is 12.2. The van der Waals surface area contributed by atoms with Crippen molar-refractivity contribution in [3.05, 3.63) is 58.1 Å². The van der Waals surface area contributed by atoms with Crippen molar-refractivity contribution >= 4 is 46.6 Å². The number of anilines is 1. The number of thioether (sulfide) groups is 1. The number of hydrogen-bond acceptors (Lipinski definition) is 4. The molecule has 5 nitrogen and oxygen atoms in total. The number of hydrogen-bond donors (Lipinski definition) is 1. The van der Waals surface area contributed by atoms with Gasteiger partial charge in [-0.2, -0.15) is 13.2 Å². The fourth-order valence-electron chi connectivity index (χ4n) is 2.65. The molecule has 30 heavy (non-hydrogen) atoms. The number of carbonyl (C=O) groups excluding carboxylic acids is 1. The number of aromatic nitrogens is 3. The lowest BCUT2D eigenvalue weighted by Gasteiger charge is -2.10. The summed E-state index contributed by atoms with van der Waals surface area (Å²) >= 11 is 13.3. The molecule has 1 N–H and O–H groups in total. The lowest BCUT2D eigenvalue weighted by Crippen LogP contribution is -2.15. The smallest absolute Gasteiger partial charge is 0.325 e. The Labute approximate surface area is 184 Å². The van der Waals surface area contributed by atoms with Crippen LogP contribution in [0.15, 0.2) is 47.6 Å². The first-order valence-corrected chi connectivity index (χ1v) is 10.4. The molecule has 0 spiro atoms. The quantitative estimate of drug-likeness (QED) is 0.443. The van der Waals surface area contributed by atoms with E-state index in [1.54, 1.807) is 22.8 Å². The molecule has 0 fully saturated rings. The second-order valence-electron chi connectivity index (χ2n) is 6.09. The lowest BCUT2D eigenvalue weighted by atomic mass is 10.2. The summed E-state index contributed by atoms with van der Waals surface area (Å²) in [6, 6.07) is 9.48. The molecule has 1 amide bonds. The molecule has 0 bridgehead atoms. The third kappa shape index (κ3) is 5.27. The second-order valence-corrected chi connectivity index (χ2v) is 7.88. The van der Waals surface area contributed by atoms with E-state index < -0.39 is 17.6 Å². The Morgan fingerprint density at radius 1 is 1.17 bits per heavy atom. The number of amides is 1. The molecule has 0 unspecified atom stereocenters. The molecule has 0 radical (unpaired) electrons. The van der Waals surface area contributed by atoms with Crippen molar-refractivity contribution in [1.82, 2.24) is 14.8 Å². The summed E-state index contributed by atoms with van der Waals surface area (Å²) in [5, 5.41) is 12.1. The highest BCUT2D eigenvalue weighted by Gasteiger charge is 2.30. The van der Waals surface area contributed by atoms with Crippen molar-refractivity contribution in [3.63, 3.8) is 0 Å². The molecule has 3 rings (SSSR count). The Bertz CT molecular complexity index is 1070. The molecule has 0 aliphatic heterocycles. The maximum Gasteiger partial charge on any atom is 0.416 e. The van der Waals surface area contributed by atoms with Gasteiger partial charge in [0.05, 0.1) is 16.3 Å². The van der Waals surface area contributed by atoms with Crippen LogP contribution >= 0.6 is 35.0 Å². The predicted octanol–water partition coefficient (Wildman–Crippen LogP) is 6.02. The van der Waals surface area contributed by atoms with E-state index in [2.05, 4.69) is 15.5 Å². The van der Waals surface area contributed by atoms with Crippen molar-refractivity contribution in [2.45, 2.75) is 24.8 Å². The molecule has 2 aromatic carbocycles. The Hall–Kier alpha value is -2.23. The minimum Gasteiger partial charge on any atom is -0.325 e. The van der Waals surface area contributed by atoms with E-state index in [1.165, 1.54) is 12.1 Å². The second kappa shape index (κ2) is 9.28. The lowest BCUT2D eigenvalue weighted by molar-refractivity contribution is -0.137. The van der Waals surface area contributed by atoms with E-state index in [0.717, 1.165) is 23.9 Å². The van der Waals surface area contributed by atoms with E-state index in [0.29, 0.717) is 33.1 Å². The number of nitrogens with zero attached hydrogens (tertiary/aromatic N) is 3. The summed E-state index contributed by atoms with van der Waals surface area (Å²) in [5.74, 6) is 0.0129. The highest BCUT2D eigenvalue weighted by Crippen LogP contribution is 2.32. The fourth-order valence-corrected chi connectivity index (χ4v) is 3.95. The maximum absolute atomic E-state index is 12.8. The highest BCUT2D eigenvalue weighted by molar-refractivity contribution is 7.99. The zero-order chi connectivity index (χ0) is 21.9. The molecular weight excluding hydrogens is 460 g/mol. The van der Waals surface area contributed by atoms with Gasteiger partial charge in [0.25, 0.3) is 0 Å². The van der Waals surface area contributed by atoms with E-state index in [4.69, 9.17) is 23.2 Å². The van der Waals surface area contributed by atoms with Gasteiger partial charge in [-0.05, 0) is 43.3 Å². The van der Waals surface area contributed by atoms with E-state index in [1.807, 2.05) is 6.92 Å². The van der Waals surface area contributed by atoms with Gasteiger partial charge in [-0.1, -0.05) is 41.0 Å². The van der Waals surface area contributed by atoms with Crippen molar-refractivity contribution in [3.8, 4) is 11.4 Å². The van der Waals surface area contributed by atoms with Gasteiger partial charge in [-0.3, -0.25) is 4.79 Å². The first-order chi connectivity index (χ1) is 14.2. The number of halogens is 5. The van der Waals surface area contributed by atoms with Gasteiger partial charge in [0, 0.05) is 22.8 Å². The molecule has 3 aromatic rings. The first kappa shape index (κ1) is 22.5. The van der Waals surface area contributed by atoms with Crippen LogP contribution in [0.5, 0.6) is 0 Å². The van der Waals surface area contributed by atoms with Gasteiger partial charge >= 0.3 is 6.18 Å². The molecule has 158 valence electrons. The summed E-state index contributed by atoms with van der Waals surface area (Å²) < 4.78 is 40.2. The van der Waals surface area contributed by atoms with Gasteiger partial charge in [-0.25, -0.2) is 0 Å². The van der Waals surface area contributed by atoms with Gasteiger partial charge in [0.2, 0.25) is 5.91 Å². The summed E-state index contributed by atoms with van der Waals surface area (Å²) in [5.41, 5.74) is -0.111. The number of benzene rings is 2. The zero-order valence-electron chi connectivity index (χ0n) is 15.5. The molecule has 0 saturated carbocycles. The summed E-state index contributed by atoms with van der Waals surface area (Å²) in [7, 11) is 0. The van der Waals surface area contributed by atoms with Gasteiger partial charge in [-0.15, -0.1) is 10.2 Å². The maximum atomic E-state index is 12.8. The number of nitrogens with one attached hydrogen (secondary N) is 1. The van der Waals surface area contributed by atoms with Crippen LogP contribution in [-0.2, 0) is 17.5 Å². The molecule has 0 atom stereocenters. The van der Waals surface area contributed by atoms with Gasteiger partial charge in [0.15, 0.2) is 11.0 Å². The third-order valence-electron chi connectivity index (χ3n) is 4.01. The first-order valence-electron chi connectivity index (χ1n) is 8.67. The number of rotatable bonds is 6. The predicted molar refractivity (Wildman–Crippen MR) is 112 cm³/mol. The zero-order valence-corrected chi connectivity index (χ0v) is 17.8. The average molecular weight is 475 g/mol. The topological polar surface area (TPSA) is 59.8 Å². The standard InChI is InChI=1S/C19H15Cl2F3N4OS/c1-2-28-17(14-7-6-12(20)9-15(14)21)26-27-18(28)30-10-16(29)25-13-5-3-4-11(8-13)19(22,23)24/h3-9H,2,10H2,1H3,(H,25,29). The molecule has 0 saturated heterocycles. The van der Waals surface area contributed by atoms with E-state index >= 15 is 0 Å². The van der Waals surface area contributed by atoms with Crippen molar-refractivity contribution < 1.29 is 18.0 Å². The Morgan fingerprint density at radius 2 is 1.93 bits per heavy atom. The molecule has 0 aliphatic carbocycles. The fraction of sp³-hybridized carbons (Fsp3) is 0.211. The van der Waals surface area contributed by atoms with Crippen LogP contribution in [0.1, 0.15) is 12.5 Å². The van der Waals surface area contributed by atoms with Crippen molar-refractivity contribution in [2.24, 2.45) is 0 Å². The Balaban J connectivity index is 1.70. The van der Waals surface area contributed by atoms with Crippen LogP contribution in [0.25, 0.3) is 11.4 Å². The molecule has 1 heterocycles. The molecule has 1 aromatic heterocycles. The third-order valence-corrected chi connectivity index (χ3v) is 5.53. The van der Waals surface area contributed by atoms with Crippen molar-refractivity contribution in [2.75, 3.05) is 11.1 Å². The normalized spacial score (nSPS) is 11.5. The number of carbonyl (C=O) groups is 1. The van der Waals surface area contributed by atoms with E-state index in [9.17, 15) is 18.0 Å². The van der Waals surface area contributed by atoms with Crippen LogP contribution < -0.4 is 5.32 Å².